The number of fused-ring (bicyclic) bond motifs is 1. The Hall–Kier alpha value is -1.90. The van der Waals surface area contributed by atoms with Gasteiger partial charge in [0.25, 0.3) is 0 Å². The average molecular weight is 465 g/mol. The van der Waals surface area contributed by atoms with E-state index in [0.717, 1.165) is 21.5 Å². The van der Waals surface area contributed by atoms with Gasteiger partial charge in [-0.05, 0) is 30.3 Å². The largest absolute Gasteiger partial charge is 0.496 e. The first-order valence-corrected chi connectivity index (χ1v) is 11.6. The summed E-state index contributed by atoms with van der Waals surface area (Å²) in [6, 6.07) is 14.4. The van der Waals surface area contributed by atoms with E-state index in [9.17, 15) is 13.2 Å². The van der Waals surface area contributed by atoms with Crippen LogP contribution in [-0.2, 0) is 21.2 Å². The third-order valence-electron chi connectivity index (χ3n) is 5.37. The van der Waals surface area contributed by atoms with Crippen molar-refractivity contribution in [3.8, 4) is 5.75 Å². The van der Waals surface area contributed by atoms with Crippen LogP contribution in [0.2, 0.25) is 0 Å². The first-order chi connectivity index (χ1) is 13.4. The first-order valence-electron chi connectivity index (χ1n) is 9.02. The lowest BCUT2D eigenvalue weighted by Crippen LogP contribution is -2.61. The predicted octanol–water partition coefficient (Wildman–Crippen LogP) is 2.47. The fraction of sp³-hybridized carbons (Fsp3) is 0.350. The minimum Gasteiger partial charge on any atom is -0.496 e. The maximum absolute atomic E-state index is 13.0. The van der Waals surface area contributed by atoms with Crippen LogP contribution in [0.1, 0.15) is 5.56 Å². The van der Waals surface area contributed by atoms with E-state index < -0.39 is 9.84 Å². The highest BCUT2D eigenvalue weighted by atomic mass is 79.9. The highest BCUT2D eigenvalue weighted by Gasteiger charge is 2.49. The molecule has 2 aliphatic heterocycles. The molecule has 0 radical (unpaired) electrons. The highest BCUT2D eigenvalue weighted by molar-refractivity contribution is 9.10. The maximum atomic E-state index is 13.0. The quantitative estimate of drug-likeness (QED) is 0.694. The Morgan fingerprint density at radius 3 is 2.46 bits per heavy atom. The number of nitrogens with zero attached hydrogens (tertiary/aromatic N) is 2. The summed E-state index contributed by atoms with van der Waals surface area (Å²) in [7, 11) is -1.61. The number of methoxy groups -OCH3 is 1. The third kappa shape index (κ3) is 3.68. The number of anilines is 1. The van der Waals surface area contributed by atoms with Crippen LogP contribution in [0.3, 0.4) is 0 Å². The number of ether oxygens (including phenoxy) is 1. The standard InChI is InChI=1S/C20H21BrN2O4S/c1-27-19-5-3-2-4-14(19)10-22-11-20(24)23(16-8-6-15(21)7-9-16)18-13-28(25,26)12-17(18)22/h2-9,17-18H,10-13H2,1H3/t17-,18-/m1/s1. The van der Waals surface area contributed by atoms with Gasteiger partial charge in [-0.2, -0.15) is 0 Å². The zero-order valence-corrected chi connectivity index (χ0v) is 17.8. The van der Waals surface area contributed by atoms with Crippen molar-refractivity contribution < 1.29 is 17.9 Å². The van der Waals surface area contributed by atoms with Crippen LogP contribution in [0.25, 0.3) is 0 Å². The van der Waals surface area contributed by atoms with E-state index in [2.05, 4.69) is 15.9 Å². The summed E-state index contributed by atoms with van der Waals surface area (Å²) in [6.07, 6.45) is 0. The fourth-order valence-electron chi connectivity index (χ4n) is 4.12. The summed E-state index contributed by atoms with van der Waals surface area (Å²) < 4.78 is 31.3. The van der Waals surface area contributed by atoms with Gasteiger partial charge in [0.15, 0.2) is 9.84 Å². The van der Waals surface area contributed by atoms with Crippen molar-refractivity contribution in [3.05, 3.63) is 58.6 Å². The van der Waals surface area contributed by atoms with Gasteiger partial charge >= 0.3 is 0 Å². The molecule has 0 saturated carbocycles. The van der Waals surface area contributed by atoms with Crippen molar-refractivity contribution in [2.24, 2.45) is 0 Å². The number of benzene rings is 2. The van der Waals surface area contributed by atoms with E-state index in [4.69, 9.17) is 4.74 Å². The van der Waals surface area contributed by atoms with Gasteiger partial charge in [0.05, 0.1) is 31.2 Å². The number of hydrogen-bond donors (Lipinski definition) is 0. The van der Waals surface area contributed by atoms with Crippen molar-refractivity contribution >= 4 is 37.4 Å². The zero-order valence-electron chi connectivity index (χ0n) is 15.4. The molecular weight excluding hydrogens is 444 g/mol. The first kappa shape index (κ1) is 19.4. The number of rotatable bonds is 4. The molecule has 8 heteroatoms. The molecule has 0 unspecified atom stereocenters. The van der Waals surface area contributed by atoms with Crippen LogP contribution in [0.5, 0.6) is 5.75 Å². The normalized spacial score (nSPS) is 24.2. The van der Waals surface area contributed by atoms with Crippen molar-refractivity contribution in [3.63, 3.8) is 0 Å². The maximum Gasteiger partial charge on any atom is 0.241 e. The van der Waals surface area contributed by atoms with Gasteiger partial charge in [-0.1, -0.05) is 34.1 Å². The molecule has 2 fully saturated rings. The van der Waals surface area contributed by atoms with E-state index >= 15 is 0 Å². The van der Waals surface area contributed by atoms with E-state index in [1.54, 1.807) is 12.0 Å². The van der Waals surface area contributed by atoms with Crippen LogP contribution in [0.4, 0.5) is 5.69 Å². The minimum atomic E-state index is -3.22. The molecule has 2 atom stereocenters. The van der Waals surface area contributed by atoms with E-state index in [-0.39, 0.29) is 36.0 Å². The highest BCUT2D eigenvalue weighted by Crippen LogP contribution is 2.33. The number of piperazine rings is 1. The Labute approximate surface area is 173 Å². The Morgan fingerprint density at radius 1 is 1.07 bits per heavy atom. The molecule has 0 aromatic heterocycles. The molecule has 2 heterocycles. The second-order valence-electron chi connectivity index (χ2n) is 7.17. The van der Waals surface area contributed by atoms with E-state index in [0.29, 0.717) is 6.54 Å². The van der Waals surface area contributed by atoms with Gasteiger partial charge in [-0.15, -0.1) is 0 Å². The summed E-state index contributed by atoms with van der Waals surface area (Å²) >= 11 is 3.40. The predicted molar refractivity (Wildman–Crippen MR) is 111 cm³/mol. The van der Waals surface area contributed by atoms with Crippen molar-refractivity contribution in [1.29, 1.82) is 0 Å². The molecular formula is C20H21BrN2O4S. The minimum absolute atomic E-state index is 0.0120. The summed E-state index contributed by atoms with van der Waals surface area (Å²) in [5, 5.41) is 0. The van der Waals surface area contributed by atoms with Gasteiger partial charge in [0.2, 0.25) is 5.91 Å². The lowest BCUT2D eigenvalue weighted by Gasteiger charge is -2.43. The van der Waals surface area contributed by atoms with Crippen LogP contribution in [0, 0.1) is 0 Å². The second kappa shape index (κ2) is 7.50. The molecule has 2 aliphatic rings. The van der Waals surface area contributed by atoms with Gasteiger partial charge in [-0.3, -0.25) is 9.69 Å². The van der Waals surface area contributed by atoms with Crippen LogP contribution in [-0.4, -0.2) is 56.5 Å². The van der Waals surface area contributed by atoms with Gasteiger partial charge in [-0.25, -0.2) is 8.42 Å². The number of halogens is 1. The summed E-state index contributed by atoms with van der Waals surface area (Å²) in [5.74, 6) is 0.702. The number of carbonyl (C=O) groups excluding carboxylic acids is 1. The van der Waals surface area contributed by atoms with Crippen molar-refractivity contribution in [2.45, 2.75) is 18.6 Å². The number of sulfone groups is 1. The van der Waals surface area contributed by atoms with Gasteiger partial charge in [0.1, 0.15) is 5.75 Å². The Morgan fingerprint density at radius 2 is 1.75 bits per heavy atom. The zero-order chi connectivity index (χ0) is 19.9. The fourth-order valence-corrected chi connectivity index (χ4v) is 6.37. The monoisotopic (exact) mass is 464 g/mol. The van der Waals surface area contributed by atoms with Crippen LogP contribution < -0.4 is 9.64 Å². The molecule has 6 nitrogen and oxygen atoms in total. The molecule has 148 valence electrons. The Bertz CT molecular complexity index is 994. The molecule has 0 aliphatic carbocycles. The molecule has 0 N–H and O–H groups in total. The van der Waals surface area contributed by atoms with Gasteiger partial charge in [0, 0.05) is 28.3 Å². The second-order valence-corrected chi connectivity index (χ2v) is 10.2. The van der Waals surface area contributed by atoms with Crippen molar-refractivity contribution in [2.75, 3.05) is 30.1 Å². The number of amides is 1. The topological polar surface area (TPSA) is 66.9 Å². The third-order valence-corrected chi connectivity index (χ3v) is 7.60. The van der Waals surface area contributed by atoms with Gasteiger partial charge < -0.3 is 9.64 Å². The van der Waals surface area contributed by atoms with E-state index in [1.165, 1.54) is 0 Å². The molecule has 2 saturated heterocycles. The molecule has 2 aromatic carbocycles. The summed E-state index contributed by atoms with van der Waals surface area (Å²) in [4.78, 5) is 16.7. The Kier molecular flexibility index (Phi) is 5.20. The molecule has 1 amide bonds. The number of carbonyl (C=O) groups is 1. The lowest BCUT2D eigenvalue weighted by molar-refractivity contribution is -0.123. The smallest absolute Gasteiger partial charge is 0.241 e. The summed E-state index contributed by atoms with van der Waals surface area (Å²) in [5.41, 5.74) is 1.68. The van der Waals surface area contributed by atoms with Crippen LogP contribution in [0.15, 0.2) is 53.0 Å². The molecule has 0 spiro atoms. The molecule has 4 rings (SSSR count). The summed E-state index contributed by atoms with van der Waals surface area (Å²) in [6.45, 7) is 0.644. The van der Waals surface area contributed by atoms with Crippen molar-refractivity contribution in [1.82, 2.24) is 4.90 Å². The number of hydrogen-bond acceptors (Lipinski definition) is 5. The average Bonchev–Trinajstić information content (AvgIpc) is 2.98. The SMILES string of the molecule is COc1ccccc1CN1CC(=O)N(c2ccc(Br)cc2)[C@@H]2CS(=O)(=O)C[C@H]21. The lowest BCUT2D eigenvalue weighted by atomic mass is 10.0. The number of para-hydroxylation sites is 1. The van der Waals surface area contributed by atoms with E-state index in [1.807, 2.05) is 53.4 Å². The molecule has 0 bridgehead atoms. The van der Waals surface area contributed by atoms with Crippen LogP contribution >= 0.6 is 15.9 Å². The molecule has 28 heavy (non-hydrogen) atoms. The molecule has 2 aromatic rings. The Balaban J connectivity index is 1.67.